The summed E-state index contributed by atoms with van der Waals surface area (Å²) in [5, 5.41) is 2.95. The SMILES string of the molecule is CCC(C)NC(=O)CCN(CCC(C)C)C(=O)c1cc(C)oc1C. The summed E-state index contributed by atoms with van der Waals surface area (Å²) in [7, 11) is 0. The minimum Gasteiger partial charge on any atom is -0.466 e. The molecule has 0 spiro atoms. The lowest BCUT2D eigenvalue weighted by atomic mass is 10.1. The summed E-state index contributed by atoms with van der Waals surface area (Å²) >= 11 is 0. The Bertz CT molecular complexity index is 549. The quantitative estimate of drug-likeness (QED) is 0.748. The van der Waals surface area contributed by atoms with E-state index in [-0.39, 0.29) is 17.9 Å². The van der Waals surface area contributed by atoms with E-state index < -0.39 is 0 Å². The Morgan fingerprint density at radius 1 is 1.21 bits per heavy atom. The summed E-state index contributed by atoms with van der Waals surface area (Å²) in [5.41, 5.74) is 0.596. The lowest BCUT2D eigenvalue weighted by Gasteiger charge is -2.23. The number of hydrogen-bond acceptors (Lipinski definition) is 3. The number of nitrogens with one attached hydrogen (secondary N) is 1. The molecule has 1 atom stereocenters. The summed E-state index contributed by atoms with van der Waals surface area (Å²) in [6, 6.07) is 1.94. The van der Waals surface area contributed by atoms with Gasteiger partial charge in [-0.05, 0) is 45.6 Å². The third-order valence-corrected chi connectivity index (χ3v) is 4.16. The molecule has 5 nitrogen and oxygen atoms in total. The molecule has 5 heteroatoms. The van der Waals surface area contributed by atoms with Gasteiger partial charge in [-0.15, -0.1) is 0 Å². The zero-order valence-corrected chi connectivity index (χ0v) is 15.9. The van der Waals surface area contributed by atoms with Crippen LogP contribution in [-0.4, -0.2) is 35.8 Å². The molecule has 1 aromatic heterocycles. The number of furan rings is 1. The van der Waals surface area contributed by atoms with Crippen LogP contribution < -0.4 is 5.32 Å². The van der Waals surface area contributed by atoms with Crippen molar-refractivity contribution in [1.82, 2.24) is 10.2 Å². The molecule has 1 unspecified atom stereocenters. The summed E-state index contributed by atoms with van der Waals surface area (Å²) in [4.78, 5) is 26.6. The van der Waals surface area contributed by atoms with E-state index in [1.54, 1.807) is 17.9 Å². The fraction of sp³-hybridized carbons (Fsp3) is 0.684. The largest absolute Gasteiger partial charge is 0.466 e. The van der Waals surface area contributed by atoms with Crippen molar-refractivity contribution < 1.29 is 14.0 Å². The van der Waals surface area contributed by atoms with Crippen LogP contribution in [0.2, 0.25) is 0 Å². The first-order valence-electron chi connectivity index (χ1n) is 8.90. The normalized spacial score (nSPS) is 12.3. The summed E-state index contributed by atoms with van der Waals surface area (Å²) in [6.45, 7) is 13.0. The third kappa shape index (κ3) is 6.38. The maximum Gasteiger partial charge on any atom is 0.257 e. The topological polar surface area (TPSA) is 62.6 Å². The van der Waals surface area contributed by atoms with Gasteiger partial charge in [0.05, 0.1) is 5.56 Å². The second-order valence-corrected chi connectivity index (χ2v) is 6.93. The number of aryl methyl sites for hydroxylation is 2. The van der Waals surface area contributed by atoms with Crippen molar-refractivity contribution in [2.45, 2.75) is 66.8 Å². The van der Waals surface area contributed by atoms with Gasteiger partial charge in [0.15, 0.2) is 0 Å². The van der Waals surface area contributed by atoms with Crippen molar-refractivity contribution in [3.8, 4) is 0 Å². The van der Waals surface area contributed by atoms with Gasteiger partial charge < -0.3 is 14.6 Å². The van der Waals surface area contributed by atoms with Crippen LogP contribution in [0.4, 0.5) is 0 Å². The van der Waals surface area contributed by atoms with E-state index in [0.29, 0.717) is 36.8 Å². The van der Waals surface area contributed by atoms with E-state index in [9.17, 15) is 9.59 Å². The van der Waals surface area contributed by atoms with Crippen LogP contribution in [-0.2, 0) is 4.79 Å². The molecular formula is C19H32N2O3. The Balaban J connectivity index is 2.74. The lowest BCUT2D eigenvalue weighted by Crippen LogP contribution is -2.38. The molecule has 0 radical (unpaired) electrons. The van der Waals surface area contributed by atoms with Crippen molar-refractivity contribution in [3.05, 3.63) is 23.2 Å². The molecule has 0 aliphatic heterocycles. The predicted molar refractivity (Wildman–Crippen MR) is 96.1 cm³/mol. The maximum atomic E-state index is 12.8. The van der Waals surface area contributed by atoms with E-state index in [4.69, 9.17) is 4.42 Å². The van der Waals surface area contributed by atoms with Crippen molar-refractivity contribution in [3.63, 3.8) is 0 Å². The van der Waals surface area contributed by atoms with Gasteiger partial charge in [0, 0.05) is 25.6 Å². The fourth-order valence-corrected chi connectivity index (χ4v) is 2.43. The molecule has 1 N–H and O–H groups in total. The average Bonchev–Trinajstić information content (AvgIpc) is 2.84. The van der Waals surface area contributed by atoms with Gasteiger partial charge in [-0.3, -0.25) is 9.59 Å². The van der Waals surface area contributed by atoms with Gasteiger partial charge in [0.25, 0.3) is 5.91 Å². The number of hydrogen-bond donors (Lipinski definition) is 1. The van der Waals surface area contributed by atoms with Crippen LogP contribution in [0.1, 0.15) is 68.8 Å². The van der Waals surface area contributed by atoms with Crippen molar-refractivity contribution in [2.75, 3.05) is 13.1 Å². The van der Waals surface area contributed by atoms with Crippen molar-refractivity contribution in [2.24, 2.45) is 5.92 Å². The number of carbonyl (C=O) groups is 2. The highest BCUT2D eigenvalue weighted by molar-refractivity contribution is 5.95. The smallest absolute Gasteiger partial charge is 0.257 e. The van der Waals surface area contributed by atoms with Crippen molar-refractivity contribution >= 4 is 11.8 Å². The highest BCUT2D eigenvalue weighted by atomic mass is 16.3. The van der Waals surface area contributed by atoms with Gasteiger partial charge in [0.2, 0.25) is 5.91 Å². The molecule has 1 heterocycles. The Labute approximate surface area is 145 Å². The average molecular weight is 336 g/mol. The molecule has 2 amide bonds. The zero-order chi connectivity index (χ0) is 18.3. The van der Waals surface area contributed by atoms with Crippen LogP contribution in [0.3, 0.4) is 0 Å². The van der Waals surface area contributed by atoms with Gasteiger partial charge in [-0.1, -0.05) is 20.8 Å². The van der Waals surface area contributed by atoms with Gasteiger partial charge in [-0.2, -0.15) is 0 Å². The Morgan fingerprint density at radius 2 is 1.88 bits per heavy atom. The maximum absolute atomic E-state index is 12.8. The molecule has 0 aliphatic carbocycles. The Hall–Kier alpha value is -1.78. The first-order chi connectivity index (χ1) is 11.2. The molecular weight excluding hydrogens is 304 g/mol. The Kier molecular flexibility index (Phi) is 8.02. The molecule has 0 saturated carbocycles. The summed E-state index contributed by atoms with van der Waals surface area (Å²) in [6.07, 6.45) is 2.13. The van der Waals surface area contributed by atoms with E-state index in [0.717, 1.165) is 18.6 Å². The van der Waals surface area contributed by atoms with Crippen LogP contribution in [0.25, 0.3) is 0 Å². The Morgan fingerprint density at radius 3 is 2.38 bits per heavy atom. The lowest BCUT2D eigenvalue weighted by molar-refractivity contribution is -0.121. The second-order valence-electron chi connectivity index (χ2n) is 6.93. The first kappa shape index (κ1) is 20.3. The summed E-state index contributed by atoms with van der Waals surface area (Å²) < 4.78 is 5.48. The van der Waals surface area contributed by atoms with Crippen molar-refractivity contribution in [1.29, 1.82) is 0 Å². The first-order valence-corrected chi connectivity index (χ1v) is 8.90. The van der Waals surface area contributed by atoms with E-state index in [1.165, 1.54) is 0 Å². The molecule has 136 valence electrons. The molecule has 24 heavy (non-hydrogen) atoms. The standard InChI is InChI=1S/C19H32N2O3/c1-7-14(4)20-18(22)9-11-21(10-8-13(2)3)19(23)17-12-15(5)24-16(17)6/h12-14H,7-11H2,1-6H3,(H,20,22). The highest BCUT2D eigenvalue weighted by Gasteiger charge is 2.21. The number of amides is 2. The zero-order valence-electron chi connectivity index (χ0n) is 15.9. The molecule has 0 aliphatic rings. The number of carbonyl (C=O) groups excluding carboxylic acids is 2. The molecule has 1 rings (SSSR count). The molecule has 0 saturated heterocycles. The fourth-order valence-electron chi connectivity index (χ4n) is 2.43. The van der Waals surface area contributed by atoms with Gasteiger partial charge in [-0.25, -0.2) is 0 Å². The van der Waals surface area contributed by atoms with Gasteiger partial charge in [0.1, 0.15) is 11.5 Å². The second kappa shape index (κ2) is 9.50. The van der Waals surface area contributed by atoms with Crippen LogP contribution in [0.15, 0.2) is 10.5 Å². The number of rotatable bonds is 9. The monoisotopic (exact) mass is 336 g/mol. The number of nitrogens with zero attached hydrogens (tertiary/aromatic N) is 1. The van der Waals surface area contributed by atoms with Gasteiger partial charge >= 0.3 is 0 Å². The van der Waals surface area contributed by atoms with Crippen LogP contribution in [0.5, 0.6) is 0 Å². The van der Waals surface area contributed by atoms with E-state index in [2.05, 4.69) is 19.2 Å². The minimum atomic E-state index is -0.0543. The molecule has 0 bridgehead atoms. The van der Waals surface area contributed by atoms with E-state index in [1.807, 2.05) is 20.8 Å². The van der Waals surface area contributed by atoms with E-state index >= 15 is 0 Å². The molecule has 0 aromatic carbocycles. The predicted octanol–water partition coefficient (Wildman–Crippen LogP) is 3.69. The van der Waals surface area contributed by atoms with Crippen LogP contribution >= 0.6 is 0 Å². The molecule has 0 fully saturated rings. The minimum absolute atomic E-state index is 0.00760. The van der Waals surface area contributed by atoms with Crippen LogP contribution in [0, 0.1) is 19.8 Å². The third-order valence-electron chi connectivity index (χ3n) is 4.16. The highest BCUT2D eigenvalue weighted by Crippen LogP contribution is 2.17. The molecule has 1 aromatic rings. The summed E-state index contributed by atoms with van der Waals surface area (Å²) in [5.74, 6) is 1.81.